The number of amides is 2. The molecule has 7 heteroatoms. The first-order valence-corrected chi connectivity index (χ1v) is 7.58. The van der Waals surface area contributed by atoms with Crippen LogP contribution in [-0.4, -0.2) is 29.6 Å². The van der Waals surface area contributed by atoms with Gasteiger partial charge in [0, 0.05) is 5.69 Å². The number of hydrogen-bond acceptors (Lipinski definition) is 4. The SMILES string of the molecule is O=C(O)CNC(=O)Nc1ccc(CC(=O)OCc2ccccc2)cc1. The van der Waals surface area contributed by atoms with Gasteiger partial charge in [0.15, 0.2) is 0 Å². The molecular weight excluding hydrogens is 324 g/mol. The van der Waals surface area contributed by atoms with Crippen molar-refractivity contribution < 1.29 is 24.2 Å². The summed E-state index contributed by atoms with van der Waals surface area (Å²) in [4.78, 5) is 33.6. The van der Waals surface area contributed by atoms with Crippen molar-refractivity contribution in [1.29, 1.82) is 0 Å². The Labute approximate surface area is 144 Å². The van der Waals surface area contributed by atoms with Gasteiger partial charge in [-0.15, -0.1) is 0 Å². The molecule has 0 aromatic heterocycles. The van der Waals surface area contributed by atoms with Crippen molar-refractivity contribution in [2.45, 2.75) is 13.0 Å². The molecule has 7 nitrogen and oxygen atoms in total. The van der Waals surface area contributed by atoms with Crippen molar-refractivity contribution >= 4 is 23.7 Å². The Kier molecular flexibility index (Phi) is 6.53. The molecule has 0 aliphatic heterocycles. The number of carbonyl (C=O) groups excluding carboxylic acids is 2. The van der Waals surface area contributed by atoms with E-state index in [2.05, 4.69) is 10.6 Å². The summed E-state index contributed by atoms with van der Waals surface area (Å²) in [5, 5.41) is 13.2. The van der Waals surface area contributed by atoms with E-state index < -0.39 is 18.5 Å². The molecule has 0 aliphatic carbocycles. The number of esters is 1. The Morgan fingerprint density at radius 2 is 1.60 bits per heavy atom. The van der Waals surface area contributed by atoms with Crippen LogP contribution in [0.15, 0.2) is 54.6 Å². The zero-order valence-corrected chi connectivity index (χ0v) is 13.4. The third kappa shape index (κ3) is 6.74. The van der Waals surface area contributed by atoms with E-state index in [-0.39, 0.29) is 19.0 Å². The molecule has 2 amide bonds. The van der Waals surface area contributed by atoms with Gasteiger partial charge in [0.2, 0.25) is 0 Å². The molecule has 2 aromatic rings. The van der Waals surface area contributed by atoms with Crippen LogP contribution in [0.2, 0.25) is 0 Å². The quantitative estimate of drug-likeness (QED) is 0.669. The molecule has 25 heavy (non-hydrogen) atoms. The smallest absolute Gasteiger partial charge is 0.323 e. The summed E-state index contributed by atoms with van der Waals surface area (Å²) in [7, 11) is 0. The van der Waals surface area contributed by atoms with Gasteiger partial charge >= 0.3 is 18.0 Å². The molecule has 2 rings (SSSR count). The lowest BCUT2D eigenvalue weighted by atomic mass is 10.1. The monoisotopic (exact) mass is 342 g/mol. The summed E-state index contributed by atoms with van der Waals surface area (Å²) < 4.78 is 5.21. The predicted octanol–water partition coefficient (Wildman–Crippen LogP) is 2.18. The maximum absolute atomic E-state index is 11.8. The van der Waals surface area contributed by atoms with Gasteiger partial charge in [-0.25, -0.2) is 4.79 Å². The minimum absolute atomic E-state index is 0.123. The van der Waals surface area contributed by atoms with Gasteiger partial charge < -0.3 is 20.5 Å². The molecule has 0 saturated carbocycles. The van der Waals surface area contributed by atoms with Gasteiger partial charge in [-0.1, -0.05) is 42.5 Å². The summed E-state index contributed by atoms with van der Waals surface area (Å²) in [6, 6.07) is 15.4. The number of benzene rings is 2. The highest BCUT2D eigenvalue weighted by Crippen LogP contribution is 2.11. The molecule has 0 bridgehead atoms. The highest BCUT2D eigenvalue weighted by Gasteiger charge is 2.07. The second-order valence-corrected chi connectivity index (χ2v) is 5.22. The lowest BCUT2D eigenvalue weighted by Gasteiger charge is -2.08. The summed E-state index contributed by atoms with van der Waals surface area (Å²) >= 11 is 0. The molecular formula is C18H18N2O5. The van der Waals surface area contributed by atoms with Gasteiger partial charge in [0.05, 0.1) is 6.42 Å². The summed E-state index contributed by atoms with van der Waals surface area (Å²) in [6.07, 6.45) is 0.123. The number of urea groups is 1. The number of carboxylic acids is 1. The molecule has 0 unspecified atom stereocenters. The maximum Gasteiger partial charge on any atom is 0.323 e. The molecule has 0 heterocycles. The lowest BCUT2D eigenvalue weighted by Crippen LogP contribution is -2.33. The predicted molar refractivity (Wildman–Crippen MR) is 91.0 cm³/mol. The second kappa shape index (κ2) is 9.07. The van der Waals surface area contributed by atoms with Gasteiger partial charge in [-0.2, -0.15) is 0 Å². The van der Waals surface area contributed by atoms with Crippen LogP contribution in [0, 0.1) is 0 Å². The minimum atomic E-state index is -1.13. The Balaban J connectivity index is 1.78. The standard InChI is InChI=1S/C18H18N2O5/c21-16(22)11-19-18(24)20-15-8-6-13(7-9-15)10-17(23)25-12-14-4-2-1-3-5-14/h1-9H,10-12H2,(H,21,22)(H2,19,20,24). The third-order valence-electron chi connectivity index (χ3n) is 3.20. The molecule has 0 spiro atoms. The van der Waals surface area contributed by atoms with Gasteiger partial charge in [-0.05, 0) is 23.3 Å². The van der Waals surface area contributed by atoms with E-state index in [1.54, 1.807) is 24.3 Å². The van der Waals surface area contributed by atoms with E-state index in [9.17, 15) is 14.4 Å². The molecule has 0 radical (unpaired) electrons. The fourth-order valence-corrected chi connectivity index (χ4v) is 1.99. The largest absolute Gasteiger partial charge is 0.480 e. The van der Waals surface area contributed by atoms with E-state index in [1.807, 2.05) is 30.3 Å². The Bertz CT molecular complexity index is 729. The highest BCUT2D eigenvalue weighted by molar-refractivity contribution is 5.91. The minimum Gasteiger partial charge on any atom is -0.480 e. The van der Waals surface area contributed by atoms with Gasteiger partial charge in [-0.3, -0.25) is 9.59 Å². The zero-order chi connectivity index (χ0) is 18.1. The average Bonchev–Trinajstić information content (AvgIpc) is 2.61. The topological polar surface area (TPSA) is 105 Å². The fourth-order valence-electron chi connectivity index (χ4n) is 1.99. The molecule has 0 aliphatic rings. The van der Waals surface area contributed by atoms with Crippen molar-refractivity contribution in [3.63, 3.8) is 0 Å². The number of anilines is 1. The Hall–Kier alpha value is -3.35. The van der Waals surface area contributed by atoms with Crippen LogP contribution in [-0.2, 0) is 27.4 Å². The van der Waals surface area contributed by atoms with Crippen LogP contribution < -0.4 is 10.6 Å². The van der Waals surface area contributed by atoms with E-state index in [1.165, 1.54) is 0 Å². The fraction of sp³-hybridized carbons (Fsp3) is 0.167. The zero-order valence-electron chi connectivity index (χ0n) is 13.4. The van der Waals surface area contributed by atoms with E-state index in [4.69, 9.17) is 9.84 Å². The normalized spacial score (nSPS) is 9.92. The molecule has 3 N–H and O–H groups in total. The lowest BCUT2D eigenvalue weighted by molar-refractivity contribution is -0.144. The van der Waals surface area contributed by atoms with Gasteiger partial charge in [0.1, 0.15) is 13.2 Å². The average molecular weight is 342 g/mol. The summed E-state index contributed by atoms with van der Waals surface area (Å²) in [5.74, 6) is -1.47. The first-order valence-electron chi connectivity index (χ1n) is 7.58. The maximum atomic E-state index is 11.8. The number of aliphatic carboxylic acids is 1. The van der Waals surface area contributed by atoms with Crippen LogP contribution in [0.5, 0.6) is 0 Å². The first kappa shape index (κ1) is 18.0. The number of ether oxygens (including phenoxy) is 1. The highest BCUT2D eigenvalue weighted by atomic mass is 16.5. The summed E-state index contributed by atoms with van der Waals surface area (Å²) in [5.41, 5.74) is 2.15. The first-order chi connectivity index (χ1) is 12.0. The van der Waals surface area contributed by atoms with Crippen LogP contribution in [0.4, 0.5) is 10.5 Å². The molecule has 130 valence electrons. The van der Waals surface area contributed by atoms with Crippen molar-refractivity contribution in [2.24, 2.45) is 0 Å². The van der Waals surface area contributed by atoms with Gasteiger partial charge in [0.25, 0.3) is 0 Å². The number of hydrogen-bond donors (Lipinski definition) is 3. The third-order valence-corrected chi connectivity index (χ3v) is 3.20. The number of carboxylic acid groups (broad SMARTS) is 1. The molecule has 0 fully saturated rings. The molecule has 0 atom stereocenters. The van der Waals surface area contributed by atoms with E-state index in [0.29, 0.717) is 5.69 Å². The Morgan fingerprint density at radius 3 is 2.24 bits per heavy atom. The Morgan fingerprint density at radius 1 is 0.920 bits per heavy atom. The van der Waals surface area contributed by atoms with Crippen molar-refractivity contribution in [3.05, 3.63) is 65.7 Å². The van der Waals surface area contributed by atoms with Crippen molar-refractivity contribution in [3.8, 4) is 0 Å². The van der Waals surface area contributed by atoms with Crippen molar-refractivity contribution in [1.82, 2.24) is 5.32 Å². The van der Waals surface area contributed by atoms with Crippen molar-refractivity contribution in [2.75, 3.05) is 11.9 Å². The summed E-state index contributed by atoms with van der Waals surface area (Å²) in [6.45, 7) is -0.236. The van der Waals surface area contributed by atoms with Crippen LogP contribution in [0.25, 0.3) is 0 Å². The van der Waals surface area contributed by atoms with E-state index in [0.717, 1.165) is 11.1 Å². The second-order valence-electron chi connectivity index (χ2n) is 5.22. The van der Waals surface area contributed by atoms with Crippen LogP contribution in [0.1, 0.15) is 11.1 Å². The molecule has 0 saturated heterocycles. The molecule has 2 aromatic carbocycles. The number of carbonyl (C=O) groups is 3. The van der Waals surface area contributed by atoms with E-state index >= 15 is 0 Å². The van der Waals surface area contributed by atoms with Crippen LogP contribution in [0.3, 0.4) is 0 Å². The van der Waals surface area contributed by atoms with Crippen LogP contribution >= 0.6 is 0 Å². The number of nitrogens with one attached hydrogen (secondary N) is 2. The number of rotatable bonds is 7.